The smallest absolute Gasteiger partial charge is 0.00606 e. The van der Waals surface area contributed by atoms with Crippen molar-refractivity contribution in [2.45, 2.75) is 25.7 Å². The number of fused-ring (bicyclic) bond motifs is 2. The molecule has 0 aromatic rings. The summed E-state index contributed by atoms with van der Waals surface area (Å²) in [4.78, 5) is 0. The van der Waals surface area contributed by atoms with E-state index >= 15 is 0 Å². The number of hydrogen-bond acceptors (Lipinski definition) is 0. The molecule has 0 heteroatoms. The molecule has 66 valence electrons. The largest absolute Gasteiger partial charge is 0.0847 e. The van der Waals surface area contributed by atoms with Crippen molar-refractivity contribution in [1.82, 2.24) is 0 Å². The predicted molar refractivity (Wildman–Crippen MR) is 54.0 cm³/mol. The van der Waals surface area contributed by atoms with E-state index in [1.807, 2.05) is 0 Å². The van der Waals surface area contributed by atoms with E-state index in [0.717, 1.165) is 0 Å². The second-order valence-corrected chi connectivity index (χ2v) is 4.21. The third kappa shape index (κ3) is 1.20. The molecule has 0 aliphatic heterocycles. The Hall–Kier alpha value is -0.780. The zero-order valence-corrected chi connectivity index (χ0v) is 7.79. The van der Waals surface area contributed by atoms with Crippen LogP contribution < -0.4 is 0 Å². The molecule has 0 saturated heterocycles. The van der Waals surface area contributed by atoms with E-state index in [1.54, 1.807) is 11.1 Å². The molecule has 2 unspecified atom stereocenters. The summed E-state index contributed by atoms with van der Waals surface area (Å²) in [6.07, 6.45) is 18.1. The summed E-state index contributed by atoms with van der Waals surface area (Å²) < 4.78 is 0. The van der Waals surface area contributed by atoms with Crippen molar-refractivity contribution in [2.24, 2.45) is 11.8 Å². The van der Waals surface area contributed by atoms with Crippen molar-refractivity contribution < 1.29 is 0 Å². The minimum atomic E-state index is 0.556. The molecule has 0 amide bonds. The molecule has 0 spiro atoms. The monoisotopic (exact) mass is 170 g/mol. The highest BCUT2D eigenvalue weighted by atomic mass is 14.3. The van der Waals surface area contributed by atoms with Crippen LogP contribution in [0.5, 0.6) is 0 Å². The van der Waals surface area contributed by atoms with E-state index in [4.69, 9.17) is 0 Å². The summed E-state index contributed by atoms with van der Waals surface area (Å²) in [7, 11) is 0. The van der Waals surface area contributed by atoms with E-state index in [1.165, 1.54) is 25.7 Å². The van der Waals surface area contributed by atoms with E-state index in [9.17, 15) is 0 Å². The zero-order chi connectivity index (χ0) is 8.67. The molecule has 13 heavy (non-hydrogen) atoms. The first-order valence-electron chi connectivity index (χ1n) is 5.26. The van der Waals surface area contributed by atoms with Gasteiger partial charge < -0.3 is 0 Å². The molecule has 0 nitrogen and oxygen atoms in total. The number of rotatable bonds is 0. The van der Waals surface area contributed by atoms with Gasteiger partial charge >= 0.3 is 0 Å². The third-order valence-corrected chi connectivity index (χ3v) is 3.35. The van der Waals surface area contributed by atoms with Crippen LogP contribution in [0.3, 0.4) is 0 Å². The fourth-order valence-electron chi connectivity index (χ4n) is 2.62. The molecule has 2 radical (unpaired) electrons. The minimum Gasteiger partial charge on any atom is -0.0847 e. The minimum absolute atomic E-state index is 0.556. The highest BCUT2D eigenvalue weighted by Gasteiger charge is 2.30. The number of allylic oxidation sites excluding steroid dienone is 6. The summed E-state index contributed by atoms with van der Waals surface area (Å²) >= 11 is 0. The standard InChI is InChI=1S/C13H14/c1-2-5-11-9-13-7-3-6-12(13)8-10(11)4-1/h3-4,6-7,11,13H,1-2,5,8H2. The van der Waals surface area contributed by atoms with Gasteiger partial charge in [0.05, 0.1) is 0 Å². The van der Waals surface area contributed by atoms with Gasteiger partial charge in [0.2, 0.25) is 0 Å². The molecule has 2 atom stereocenters. The Kier molecular flexibility index (Phi) is 1.68. The van der Waals surface area contributed by atoms with Crippen molar-refractivity contribution in [3.8, 4) is 0 Å². The summed E-state index contributed by atoms with van der Waals surface area (Å²) in [5.74, 6) is 1.24. The van der Waals surface area contributed by atoms with Crippen LogP contribution in [-0.4, -0.2) is 0 Å². The van der Waals surface area contributed by atoms with Crippen LogP contribution in [0.1, 0.15) is 25.7 Å². The quantitative estimate of drug-likeness (QED) is 0.489. The maximum Gasteiger partial charge on any atom is 0.00606 e. The average Bonchev–Trinajstić information content (AvgIpc) is 2.61. The van der Waals surface area contributed by atoms with Gasteiger partial charge in [-0.1, -0.05) is 35.5 Å². The van der Waals surface area contributed by atoms with E-state index in [0.29, 0.717) is 11.8 Å². The molecule has 3 rings (SSSR count). The Balaban J connectivity index is 1.89. The summed E-state index contributed by atoms with van der Waals surface area (Å²) in [6, 6.07) is 0. The van der Waals surface area contributed by atoms with E-state index < -0.39 is 0 Å². The third-order valence-electron chi connectivity index (χ3n) is 3.35. The van der Waals surface area contributed by atoms with Crippen molar-refractivity contribution in [3.05, 3.63) is 41.9 Å². The lowest BCUT2D eigenvalue weighted by atomic mass is 9.72. The second kappa shape index (κ2) is 2.87. The first-order chi connectivity index (χ1) is 6.43. The SMILES string of the molecule is [C]1C2C=CC=C2CC2=CCCCC12. The Morgan fingerprint density at radius 1 is 1.31 bits per heavy atom. The lowest BCUT2D eigenvalue weighted by Crippen LogP contribution is -2.20. The Labute approximate surface area is 80.0 Å². The molecule has 3 aliphatic rings. The van der Waals surface area contributed by atoms with Gasteiger partial charge in [-0.3, -0.25) is 0 Å². The highest BCUT2D eigenvalue weighted by Crippen LogP contribution is 2.43. The van der Waals surface area contributed by atoms with Crippen LogP contribution in [-0.2, 0) is 0 Å². The highest BCUT2D eigenvalue weighted by molar-refractivity contribution is 5.39. The van der Waals surface area contributed by atoms with E-state index in [2.05, 4.69) is 30.7 Å². The van der Waals surface area contributed by atoms with Crippen LogP contribution in [0.25, 0.3) is 0 Å². The topological polar surface area (TPSA) is 0 Å². The predicted octanol–water partition coefficient (Wildman–Crippen LogP) is 3.31. The van der Waals surface area contributed by atoms with Crippen molar-refractivity contribution >= 4 is 0 Å². The molecule has 3 aliphatic carbocycles. The van der Waals surface area contributed by atoms with Crippen LogP contribution >= 0.6 is 0 Å². The van der Waals surface area contributed by atoms with Gasteiger partial charge in [-0.25, -0.2) is 0 Å². The first kappa shape index (κ1) is 7.61. The Bertz CT molecular complexity index is 304. The second-order valence-electron chi connectivity index (χ2n) is 4.21. The molecule has 0 aromatic carbocycles. The van der Waals surface area contributed by atoms with Gasteiger partial charge in [0.15, 0.2) is 0 Å². The van der Waals surface area contributed by atoms with Crippen molar-refractivity contribution in [1.29, 1.82) is 0 Å². The van der Waals surface area contributed by atoms with Crippen LogP contribution in [0.15, 0.2) is 35.5 Å². The average molecular weight is 170 g/mol. The van der Waals surface area contributed by atoms with Gasteiger partial charge in [-0.05, 0) is 31.6 Å². The lowest BCUT2D eigenvalue weighted by molar-refractivity contribution is 0.497. The molecule has 1 saturated carbocycles. The van der Waals surface area contributed by atoms with Crippen molar-refractivity contribution in [2.75, 3.05) is 0 Å². The van der Waals surface area contributed by atoms with Gasteiger partial charge in [0.25, 0.3) is 0 Å². The van der Waals surface area contributed by atoms with Crippen LogP contribution in [0.4, 0.5) is 0 Å². The molecule has 0 bridgehead atoms. The van der Waals surface area contributed by atoms with Gasteiger partial charge in [-0.2, -0.15) is 0 Å². The van der Waals surface area contributed by atoms with E-state index in [-0.39, 0.29) is 0 Å². The molecule has 1 fully saturated rings. The molecular formula is C13H14. The molecule has 0 N–H and O–H groups in total. The molecule has 0 heterocycles. The van der Waals surface area contributed by atoms with Crippen molar-refractivity contribution in [3.63, 3.8) is 0 Å². The summed E-state index contributed by atoms with van der Waals surface area (Å²) in [6.45, 7) is 0. The summed E-state index contributed by atoms with van der Waals surface area (Å²) in [5, 5.41) is 0. The molecule has 0 aromatic heterocycles. The summed E-state index contributed by atoms with van der Waals surface area (Å²) in [5.41, 5.74) is 3.20. The fourth-order valence-corrected chi connectivity index (χ4v) is 2.62. The lowest BCUT2D eigenvalue weighted by Gasteiger charge is -2.32. The zero-order valence-electron chi connectivity index (χ0n) is 7.79. The van der Waals surface area contributed by atoms with Gasteiger partial charge in [0, 0.05) is 12.3 Å². The van der Waals surface area contributed by atoms with Gasteiger partial charge in [0.1, 0.15) is 0 Å². The van der Waals surface area contributed by atoms with Crippen LogP contribution in [0.2, 0.25) is 0 Å². The normalized spacial score (nSPS) is 36.3. The maximum absolute atomic E-state index is 3.69. The Morgan fingerprint density at radius 3 is 3.31 bits per heavy atom. The Morgan fingerprint density at radius 2 is 2.31 bits per heavy atom. The fraction of sp³-hybridized carbons (Fsp3) is 0.462. The first-order valence-corrected chi connectivity index (χ1v) is 5.26. The maximum atomic E-state index is 3.69. The molecular weight excluding hydrogens is 156 g/mol. The van der Waals surface area contributed by atoms with Crippen LogP contribution in [0, 0.1) is 18.3 Å². The number of hydrogen-bond donors (Lipinski definition) is 0. The van der Waals surface area contributed by atoms with Gasteiger partial charge in [-0.15, -0.1) is 0 Å².